The highest BCUT2D eigenvalue weighted by Gasteiger charge is 2.41. The second-order valence-corrected chi connectivity index (χ2v) is 7.72. The van der Waals surface area contributed by atoms with Crippen LogP contribution < -0.4 is 0 Å². The van der Waals surface area contributed by atoms with E-state index in [0.29, 0.717) is 23.4 Å². The van der Waals surface area contributed by atoms with Crippen molar-refractivity contribution in [2.24, 2.45) is 11.8 Å². The van der Waals surface area contributed by atoms with Crippen LogP contribution in [0.2, 0.25) is 0 Å². The van der Waals surface area contributed by atoms with Crippen molar-refractivity contribution in [3.8, 4) is 0 Å². The number of oxazole rings is 1. The zero-order valence-electron chi connectivity index (χ0n) is 15.5. The van der Waals surface area contributed by atoms with Gasteiger partial charge in [0.25, 0.3) is 5.91 Å². The van der Waals surface area contributed by atoms with Crippen molar-refractivity contribution in [2.45, 2.75) is 38.8 Å². The molecule has 2 aromatic heterocycles. The van der Waals surface area contributed by atoms with E-state index in [4.69, 9.17) is 4.42 Å². The molecule has 1 aliphatic heterocycles. The van der Waals surface area contributed by atoms with Gasteiger partial charge in [-0.15, -0.1) is 0 Å². The van der Waals surface area contributed by atoms with Crippen molar-refractivity contribution >= 4 is 5.91 Å². The number of carbonyl (C=O) groups excluding carboxylic acids is 1. The van der Waals surface area contributed by atoms with Gasteiger partial charge in [-0.3, -0.25) is 14.7 Å². The van der Waals surface area contributed by atoms with E-state index in [1.54, 1.807) is 0 Å². The van der Waals surface area contributed by atoms with E-state index < -0.39 is 0 Å². The van der Waals surface area contributed by atoms with Crippen molar-refractivity contribution < 1.29 is 9.21 Å². The molecule has 26 heavy (non-hydrogen) atoms. The first-order valence-electron chi connectivity index (χ1n) is 9.40. The number of aromatic nitrogens is 2. The van der Waals surface area contributed by atoms with Crippen LogP contribution in [0.1, 0.15) is 41.1 Å². The number of aryl methyl sites for hydroxylation is 1. The largest absolute Gasteiger partial charge is 0.438 e. The Morgan fingerprint density at radius 3 is 2.81 bits per heavy atom. The number of pyridine rings is 1. The van der Waals surface area contributed by atoms with Crippen molar-refractivity contribution in [3.05, 3.63) is 47.9 Å². The first-order valence-corrected chi connectivity index (χ1v) is 9.40. The SMILES string of the molecule is Cc1ncoc1C(=O)N1CC[C@@H]2C[C@H](N(C)Cc3ccncc3)C[C@@H]2C1. The number of rotatable bonds is 4. The first kappa shape index (κ1) is 17.2. The summed E-state index contributed by atoms with van der Waals surface area (Å²) in [5.74, 6) is 1.69. The van der Waals surface area contributed by atoms with E-state index in [1.807, 2.05) is 24.2 Å². The summed E-state index contributed by atoms with van der Waals surface area (Å²) >= 11 is 0. The molecule has 1 amide bonds. The van der Waals surface area contributed by atoms with Crippen LogP contribution in [0.5, 0.6) is 0 Å². The molecule has 2 aromatic rings. The van der Waals surface area contributed by atoms with Crippen molar-refractivity contribution in [3.63, 3.8) is 0 Å². The molecular formula is C20H26N4O2. The molecule has 0 N–H and O–H groups in total. The second kappa shape index (κ2) is 7.19. The normalized spacial score (nSPS) is 25.5. The number of fused-ring (bicyclic) bond motifs is 1. The summed E-state index contributed by atoms with van der Waals surface area (Å²) in [7, 11) is 2.21. The highest BCUT2D eigenvalue weighted by Crippen LogP contribution is 2.40. The Morgan fingerprint density at radius 1 is 1.31 bits per heavy atom. The zero-order chi connectivity index (χ0) is 18.1. The maximum absolute atomic E-state index is 12.7. The van der Waals surface area contributed by atoms with Gasteiger partial charge in [-0.2, -0.15) is 0 Å². The van der Waals surface area contributed by atoms with E-state index in [9.17, 15) is 4.79 Å². The predicted molar refractivity (Wildman–Crippen MR) is 97.5 cm³/mol. The summed E-state index contributed by atoms with van der Waals surface area (Å²) in [6, 6.07) is 4.75. The van der Waals surface area contributed by atoms with Crippen molar-refractivity contribution in [2.75, 3.05) is 20.1 Å². The summed E-state index contributed by atoms with van der Waals surface area (Å²) in [5, 5.41) is 0. The monoisotopic (exact) mass is 354 g/mol. The van der Waals surface area contributed by atoms with Gasteiger partial charge in [0.05, 0.1) is 5.69 Å². The van der Waals surface area contributed by atoms with Crippen LogP contribution in [0, 0.1) is 18.8 Å². The lowest BCUT2D eigenvalue weighted by molar-refractivity contribution is 0.0594. The van der Waals surface area contributed by atoms with Crippen LogP contribution in [-0.2, 0) is 6.54 Å². The lowest BCUT2D eigenvalue weighted by atomic mass is 9.88. The molecule has 6 heteroatoms. The molecule has 0 radical (unpaired) electrons. The summed E-state index contributed by atoms with van der Waals surface area (Å²) in [4.78, 5) is 25.3. The fourth-order valence-corrected chi connectivity index (χ4v) is 4.55. The molecule has 0 spiro atoms. The molecule has 1 aliphatic carbocycles. The third-order valence-electron chi connectivity index (χ3n) is 6.07. The third-order valence-corrected chi connectivity index (χ3v) is 6.07. The standard InChI is InChI=1S/C20H26N4O2/c1-14-19(26-13-22-14)20(25)24-8-5-16-9-18(10-17(16)12-24)23(2)11-15-3-6-21-7-4-15/h3-4,6-7,13,16-18H,5,8-12H2,1-2H3/t16-,17-,18+/m1/s1. The summed E-state index contributed by atoms with van der Waals surface area (Å²) in [6.45, 7) is 4.43. The van der Waals surface area contributed by atoms with Crippen molar-refractivity contribution in [1.29, 1.82) is 0 Å². The highest BCUT2D eigenvalue weighted by molar-refractivity contribution is 5.92. The molecule has 0 unspecified atom stereocenters. The van der Waals surface area contributed by atoms with Gasteiger partial charge < -0.3 is 9.32 Å². The van der Waals surface area contributed by atoms with E-state index in [1.165, 1.54) is 18.4 Å². The van der Waals surface area contributed by atoms with Gasteiger partial charge in [-0.1, -0.05) is 0 Å². The molecule has 6 nitrogen and oxygen atoms in total. The molecular weight excluding hydrogens is 328 g/mol. The Morgan fingerprint density at radius 2 is 2.08 bits per heavy atom. The Kier molecular flexibility index (Phi) is 4.76. The van der Waals surface area contributed by atoms with Crippen LogP contribution in [0.4, 0.5) is 0 Å². The number of amides is 1. The Balaban J connectivity index is 1.37. The fourth-order valence-electron chi connectivity index (χ4n) is 4.55. The molecule has 3 heterocycles. The molecule has 4 rings (SSSR count). The number of hydrogen-bond acceptors (Lipinski definition) is 5. The number of carbonyl (C=O) groups is 1. The summed E-state index contributed by atoms with van der Waals surface area (Å²) < 4.78 is 5.30. The van der Waals surface area contributed by atoms with E-state index in [0.717, 1.165) is 38.4 Å². The molecule has 0 bridgehead atoms. The Bertz CT molecular complexity index is 760. The minimum absolute atomic E-state index is 0.00737. The minimum Gasteiger partial charge on any atom is -0.438 e. The van der Waals surface area contributed by atoms with E-state index in [-0.39, 0.29) is 5.91 Å². The van der Waals surface area contributed by atoms with Crippen LogP contribution >= 0.6 is 0 Å². The summed E-state index contributed by atoms with van der Waals surface area (Å²) in [5.41, 5.74) is 1.98. The maximum Gasteiger partial charge on any atom is 0.291 e. The zero-order valence-corrected chi connectivity index (χ0v) is 15.5. The number of piperidine rings is 1. The van der Waals surface area contributed by atoms with Gasteiger partial charge in [0.15, 0.2) is 6.39 Å². The minimum atomic E-state index is -0.00737. The fraction of sp³-hybridized carbons (Fsp3) is 0.550. The van der Waals surface area contributed by atoms with Crippen LogP contribution in [0.3, 0.4) is 0 Å². The van der Waals surface area contributed by atoms with Crippen LogP contribution in [0.15, 0.2) is 35.3 Å². The van der Waals surface area contributed by atoms with E-state index >= 15 is 0 Å². The average Bonchev–Trinajstić information content (AvgIpc) is 3.27. The average molecular weight is 354 g/mol. The molecule has 138 valence electrons. The predicted octanol–water partition coefficient (Wildman–Crippen LogP) is 2.75. The van der Waals surface area contributed by atoms with Crippen LogP contribution in [0.25, 0.3) is 0 Å². The van der Waals surface area contributed by atoms with Gasteiger partial charge in [-0.05, 0) is 62.8 Å². The molecule has 2 fully saturated rings. The maximum atomic E-state index is 12.7. The highest BCUT2D eigenvalue weighted by atomic mass is 16.3. The lowest BCUT2D eigenvalue weighted by Gasteiger charge is -2.34. The molecule has 1 saturated heterocycles. The molecule has 3 atom stereocenters. The molecule has 2 aliphatic rings. The van der Waals surface area contributed by atoms with Gasteiger partial charge in [-0.25, -0.2) is 4.98 Å². The topological polar surface area (TPSA) is 62.5 Å². The Labute approximate surface area is 154 Å². The van der Waals surface area contributed by atoms with Crippen LogP contribution in [-0.4, -0.2) is 51.9 Å². The number of hydrogen-bond donors (Lipinski definition) is 0. The van der Waals surface area contributed by atoms with Gasteiger partial charge >= 0.3 is 0 Å². The van der Waals surface area contributed by atoms with Gasteiger partial charge in [0.1, 0.15) is 0 Å². The third kappa shape index (κ3) is 3.38. The Hall–Kier alpha value is -2.21. The number of likely N-dealkylation sites (tertiary alicyclic amines) is 1. The molecule has 1 saturated carbocycles. The number of nitrogens with zero attached hydrogens (tertiary/aromatic N) is 4. The van der Waals surface area contributed by atoms with Gasteiger partial charge in [0.2, 0.25) is 5.76 Å². The lowest BCUT2D eigenvalue weighted by Crippen LogP contribution is -2.42. The first-order chi connectivity index (χ1) is 12.6. The second-order valence-electron chi connectivity index (χ2n) is 7.72. The van der Waals surface area contributed by atoms with Crippen molar-refractivity contribution in [1.82, 2.24) is 19.8 Å². The quantitative estimate of drug-likeness (QED) is 0.845. The summed E-state index contributed by atoms with van der Waals surface area (Å²) in [6.07, 6.45) is 8.54. The van der Waals surface area contributed by atoms with E-state index in [2.05, 4.69) is 34.0 Å². The smallest absolute Gasteiger partial charge is 0.291 e. The molecule has 0 aromatic carbocycles. The van der Waals surface area contributed by atoms with Gasteiger partial charge in [0, 0.05) is 38.1 Å².